The molecule has 21 heavy (non-hydrogen) atoms. The topological polar surface area (TPSA) is 44.1 Å². The summed E-state index contributed by atoms with van der Waals surface area (Å²) in [5, 5.41) is 0. The Hall–Kier alpha value is -1.72. The predicted octanol–water partition coefficient (Wildman–Crippen LogP) is 3.67. The highest BCUT2D eigenvalue weighted by Gasteiger charge is 2.14. The molecular weight excluding hydrogens is 280 g/mol. The summed E-state index contributed by atoms with van der Waals surface area (Å²) in [5.74, 6) is 0.404. The van der Waals surface area contributed by atoms with Crippen molar-refractivity contribution >= 4 is 14.4 Å². The quantitative estimate of drug-likeness (QED) is 0.445. The van der Waals surface area contributed by atoms with E-state index in [1.807, 2.05) is 34.9 Å². The lowest BCUT2D eigenvalue weighted by Crippen LogP contribution is -2.22. The molecule has 2 aromatic rings. The number of rotatable bonds is 7. The van der Waals surface area contributed by atoms with E-state index in [1.54, 1.807) is 6.20 Å². The summed E-state index contributed by atoms with van der Waals surface area (Å²) in [4.78, 5) is 15.3. The van der Waals surface area contributed by atoms with Gasteiger partial charge < -0.3 is 4.74 Å². The van der Waals surface area contributed by atoms with Crippen LogP contribution in [0.4, 0.5) is 0 Å². The number of carbonyl (C=O) groups is 1. The maximum Gasteiger partial charge on any atom is 0.185 e. The molecule has 0 aliphatic heterocycles. The Morgan fingerprint density at radius 3 is 2.57 bits per heavy atom. The standard InChI is InChI=1S/C16H22N2O2Si/c1-21(2,3)10-9-20-13-18-15(11-17-16(18)12-19)14-7-5-4-6-8-14/h4-8,11-12H,9-10,13H2,1-3H3. The molecular formula is C16H22N2O2Si. The molecule has 1 heterocycles. The molecule has 0 saturated heterocycles. The van der Waals surface area contributed by atoms with E-state index in [-0.39, 0.29) is 0 Å². The highest BCUT2D eigenvalue weighted by atomic mass is 28.3. The first kappa shape index (κ1) is 15.7. The number of imidazole rings is 1. The smallest absolute Gasteiger partial charge is 0.185 e. The van der Waals surface area contributed by atoms with E-state index in [0.717, 1.165) is 30.2 Å². The molecule has 0 saturated carbocycles. The van der Waals surface area contributed by atoms with Crippen LogP contribution >= 0.6 is 0 Å². The summed E-state index contributed by atoms with van der Waals surface area (Å²) >= 11 is 0. The van der Waals surface area contributed by atoms with E-state index in [1.165, 1.54) is 0 Å². The van der Waals surface area contributed by atoms with Gasteiger partial charge in [0.2, 0.25) is 0 Å². The second kappa shape index (κ2) is 6.82. The van der Waals surface area contributed by atoms with Gasteiger partial charge in [0.25, 0.3) is 0 Å². The minimum Gasteiger partial charge on any atom is -0.361 e. The number of carbonyl (C=O) groups excluding carboxylic acids is 1. The molecule has 0 N–H and O–H groups in total. The average Bonchev–Trinajstić information content (AvgIpc) is 2.86. The molecule has 0 radical (unpaired) electrons. The van der Waals surface area contributed by atoms with Crippen LogP contribution in [0.25, 0.3) is 11.3 Å². The van der Waals surface area contributed by atoms with Crippen LogP contribution in [0.3, 0.4) is 0 Å². The van der Waals surface area contributed by atoms with E-state index in [2.05, 4.69) is 24.6 Å². The van der Waals surface area contributed by atoms with Crippen LogP contribution in [-0.2, 0) is 11.5 Å². The van der Waals surface area contributed by atoms with Crippen molar-refractivity contribution in [3.8, 4) is 11.3 Å². The number of hydrogen-bond donors (Lipinski definition) is 0. The van der Waals surface area contributed by atoms with Crippen LogP contribution in [0, 0.1) is 0 Å². The zero-order valence-corrected chi connectivity index (χ0v) is 13.9. The van der Waals surface area contributed by atoms with E-state index < -0.39 is 8.07 Å². The van der Waals surface area contributed by atoms with Gasteiger partial charge in [-0.05, 0) is 11.6 Å². The molecule has 0 aliphatic rings. The molecule has 4 nitrogen and oxygen atoms in total. The van der Waals surface area contributed by atoms with E-state index in [0.29, 0.717) is 12.6 Å². The average molecular weight is 302 g/mol. The molecule has 0 atom stereocenters. The number of aromatic nitrogens is 2. The molecule has 2 rings (SSSR count). The third kappa shape index (κ3) is 4.37. The van der Waals surface area contributed by atoms with Crippen molar-refractivity contribution < 1.29 is 9.53 Å². The van der Waals surface area contributed by atoms with Crippen LogP contribution < -0.4 is 0 Å². The molecule has 0 fully saturated rings. The molecule has 0 unspecified atom stereocenters. The van der Waals surface area contributed by atoms with Gasteiger partial charge in [0.1, 0.15) is 6.73 Å². The summed E-state index contributed by atoms with van der Waals surface area (Å²) in [7, 11) is -1.10. The number of ether oxygens (including phenoxy) is 1. The van der Waals surface area contributed by atoms with Crippen LogP contribution in [0.15, 0.2) is 36.5 Å². The van der Waals surface area contributed by atoms with E-state index in [9.17, 15) is 4.79 Å². The molecule has 0 bridgehead atoms. The summed E-state index contributed by atoms with van der Waals surface area (Å²) in [6.07, 6.45) is 2.50. The van der Waals surface area contributed by atoms with Crippen LogP contribution in [0.5, 0.6) is 0 Å². The fourth-order valence-electron chi connectivity index (χ4n) is 1.99. The van der Waals surface area contributed by atoms with Gasteiger partial charge in [0.05, 0.1) is 11.9 Å². The summed E-state index contributed by atoms with van der Waals surface area (Å²) in [6, 6.07) is 11.0. The normalized spacial score (nSPS) is 11.6. The van der Waals surface area contributed by atoms with E-state index in [4.69, 9.17) is 4.74 Å². The first-order valence-electron chi connectivity index (χ1n) is 7.15. The van der Waals surface area contributed by atoms with Gasteiger partial charge in [0, 0.05) is 14.7 Å². The molecule has 0 amide bonds. The van der Waals surface area contributed by atoms with Crippen molar-refractivity contribution in [1.29, 1.82) is 0 Å². The minimum absolute atomic E-state index is 0.364. The zero-order valence-electron chi connectivity index (χ0n) is 12.9. The zero-order chi connectivity index (χ0) is 15.3. The predicted molar refractivity (Wildman–Crippen MR) is 87.2 cm³/mol. The largest absolute Gasteiger partial charge is 0.361 e. The molecule has 1 aromatic carbocycles. The van der Waals surface area contributed by atoms with Crippen molar-refractivity contribution in [2.45, 2.75) is 32.4 Å². The highest BCUT2D eigenvalue weighted by molar-refractivity contribution is 6.76. The molecule has 1 aromatic heterocycles. The number of hydrogen-bond acceptors (Lipinski definition) is 3. The highest BCUT2D eigenvalue weighted by Crippen LogP contribution is 2.20. The lowest BCUT2D eigenvalue weighted by Gasteiger charge is -2.16. The van der Waals surface area contributed by atoms with Crippen molar-refractivity contribution in [2.75, 3.05) is 6.61 Å². The van der Waals surface area contributed by atoms with Crippen molar-refractivity contribution in [1.82, 2.24) is 9.55 Å². The summed E-state index contributed by atoms with van der Waals surface area (Å²) in [5.41, 5.74) is 1.94. The van der Waals surface area contributed by atoms with Gasteiger partial charge in [-0.15, -0.1) is 0 Å². The number of benzene rings is 1. The van der Waals surface area contributed by atoms with Gasteiger partial charge >= 0.3 is 0 Å². The lowest BCUT2D eigenvalue weighted by molar-refractivity contribution is 0.0841. The Kier molecular flexibility index (Phi) is 5.09. The van der Waals surface area contributed by atoms with Gasteiger partial charge in [-0.2, -0.15) is 0 Å². The Labute approximate surface area is 126 Å². The van der Waals surface area contributed by atoms with Crippen LogP contribution in [0.1, 0.15) is 10.6 Å². The monoisotopic (exact) mass is 302 g/mol. The van der Waals surface area contributed by atoms with Gasteiger partial charge in [-0.1, -0.05) is 50.0 Å². The summed E-state index contributed by atoms with van der Waals surface area (Å²) < 4.78 is 7.58. The van der Waals surface area contributed by atoms with Crippen molar-refractivity contribution in [3.63, 3.8) is 0 Å². The second-order valence-corrected chi connectivity index (χ2v) is 11.9. The maximum absolute atomic E-state index is 11.1. The lowest BCUT2D eigenvalue weighted by atomic mass is 10.2. The molecule has 5 heteroatoms. The number of nitrogens with zero attached hydrogens (tertiary/aromatic N) is 2. The Bertz CT molecular complexity index is 588. The fourth-order valence-corrected chi connectivity index (χ4v) is 2.75. The van der Waals surface area contributed by atoms with Gasteiger partial charge in [0.15, 0.2) is 12.1 Å². The summed E-state index contributed by atoms with van der Waals surface area (Å²) in [6.45, 7) is 8.04. The third-order valence-corrected chi connectivity index (χ3v) is 4.98. The molecule has 0 aliphatic carbocycles. The first-order valence-corrected chi connectivity index (χ1v) is 10.9. The first-order chi connectivity index (χ1) is 10.0. The van der Waals surface area contributed by atoms with Crippen LogP contribution in [-0.4, -0.2) is 30.5 Å². The third-order valence-electron chi connectivity index (χ3n) is 3.28. The SMILES string of the molecule is C[Si](C)(C)CCOCn1c(-c2ccccc2)cnc1C=O. The fraction of sp³-hybridized carbons (Fsp3) is 0.375. The van der Waals surface area contributed by atoms with Crippen LogP contribution in [0.2, 0.25) is 25.7 Å². The second-order valence-electron chi connectivity index (χ2n) is 6.26. The molecule has 112 valence electrons. The minimum atomic E-state index is -1.10. The van der Waals surface area contributed by atoms with E-state index >= 15 is 0 Å². The van der Waals surface area contributed by atoms with Crippen molar-refractivity contribution in [3.05, 3.63) is 42.4 Å². The van der Waals surface area contributed by atoms with Crippen molar-refractivity contribution in [2.24, 2.45) is 0 Å². The maximum atomic E-state index is 11.1. The Balaban J connectivity index is 2.11. The Morgan fingerprint density at radius 1 is 1.24 bits per heavy atom. The molecule has 0 spiro atoms. The van der Waals surface area contributed by atoms with Gasteiger partial charge in [-0.25, -0.2) is 4.98 Å². The Morgan fingerprint density at radius 2 is 1.95 bits per heavy atom. The number of aldehydes is 1. The van der Waals surface area contributed by atoms with Gasteiger partial charge in [-0.3, -0.25) is 9.36 Å².